The van der Waals surface area contributed by atoms with Gasteiger partial charge in [0.25, 0.3) is 0 Å². The lowest BCUT2D eigenvalue weighted by atomic mass is 10.1. The summed E-state index contributed by atoms with van der Waals surface area (Å²) in [4.78, 5) is 23.2. The van der Waals surface area contributed by atoms with Crippen LogP contribution in [0.15, 0.2) is 12.2 Å². The van der Waals surface area contributed by atoms with E-state index >= 15 is 0 Å². The van der Waals surface area contributed by atoms with Gasteiger partial charge in [-0.1, -0.05) is 70.9 Å². The summed E-state index contributed by atoms with van der Waals surface area (Å²) in [6.07, 6.45) is 18.2. The molecule has 0 amide bonds. The lowest BCUT2D eigenvalue weighted by Crippen LogP contribution is -2.11. The molecule has 0 saturated heterocycles. The van der Waals surface area contributed by atoms with Gasteiger partial charge in [-0.05, 0) is 32.1 Å². The van der Waals surface area contributed by atoms with Crippen LogP contribution in [0.1, 0.15) is 104 Å². The van der Waals surface area contributed by atoms with Crippen molar-refractivity contribution in [3.63, 3.8) is 0 Å². The number of hydrogen-bond donors (Lipinski definition) is 0. The maximum Gasteiger partial charge on any atom is 0.306 e. The molecular formula is C22H40O4. The van der Waals surface area contributed by atoms with Crippen LogP contribution < -0.4 is 0 Å². The summed E-state index contributed by atoms with van der Waals surface area (Å²) in [6, 6.07) is 0. The summed E-state index contributed by atoms with van der Waals surface area (Å²) in [5, 5.41) is 0. The van der Waals surface area contributed by atoms with Crippen LogP contribution in [-0.4, -0.2) is 25.2 Å². The van der Waals surface area contributed by atoms with Crippen LogP contribution in [0.5, 0.6) is 0 Å². The van der Waals surface area contributed by atoms with Gasteiger partial charge in [0.1, 0.15) is 0 Å². The van der Waals surface area contributed by atoms with E-state index in [4.69, 9.17) is 9.47 Å². The summed E-state index contributed by atoms with van der Waals surface area (Å²) in [7, 11) is 0. The van der Waals surface area contributed by atoms with Crippen molar-refractivity contribution in [3.8, 4) is 0 Å². The van der Waals surface area contributed by atoms with Crippen molar-refractivity contribution in [1.29, 1.82) is 0 Å². The van der Waals surface area contributed by atoms with Crippen molar-refractivity contribution >= 4 is 11.9 Å². The molecule has 0 heterocycles. The molecule has 0 saturated carbocycles. The first-order chi connectivity index (χ1) is 12.7. The molecule has 0 rings (SSSR count). The number of ether oxygens (including phenoxy) is 2. The highest BCUT2D eigenvalue weighted by molar-refractivity contribution is 5.77. The Morgan fingerprint density at radius 3 is 1.69 bits per heavy atom. The van der Waals surface area contributed by atoms with Gasteiger partial charge in [0.15, 0.2) is 0 Å². The van der Waals surface area contributed by atoms with Crippen molar-refractivity contribution < 1.29 is 19.1 Å². The Hall–Kier alpha value is -1.32. The highest BCUT2D eigenvalue weighted by Gasteiger charge is 2.08. The summed E-state index contributed by atoms with van der Waals surface area (Å²) >= 11 is 0. The first kappa shape index (κ1) is 24.7. The molecule has 0 fully saturated rings. The molecule has 4 heteroatoms. The van der Waals surface area contributed by atoms with Gasteiger partial charge < -0.3 is 9.47 Å². The van der Waals surface area contributed by atoms with E-state index in [-0.39, 0.29) is 24.8 Å². The smallest absolute Gasteiger partial charge is 0.306 e. The third-order valence-electron chi connectivity index (χ3n) is 4.21. The fourth-order valence-corrected chi connectivity index (χ4v) is 2.55. The van der Waals surface area contributed by atoms with Gasteiger partial charge in [0.2, 0.25) is 0 Å². The predicted octanol–water partition coefficient (Wildman–Crippen LogP) is 6.13. The minimum Gasteiger partial charge on any atom is -0.466 e. The Morgan fingerprint density at radius 1 is 0.615 bits per heavy atom. The second kappa shape index (κ2) is 20.0. The topological polar surface area (TPSA) is 52.6 Å². The van der Waals surface area contributed by atoms with E-state index in [1.54, 1.807) is 0 Å². The lowest BCUT2D eigenvalue weighted by Gasteiger charge is -2.05. The number of allylic oxidation sites excluding steroid dienone is 2. The third-order valence-corrected chi connectivity index (χ3v) is 4.21. The highest BCUT2D eigenvalue weighted by atomic mass is 16.5. The molecule has 0 spiro atoms. The predicted molar refractivity (Wildman–Crippen MR) is 107 cm³/mol. The summed E-state index contributed by atoms with van der Waals surface area (Å²) in [6.45, 7) is 5.28. The lowest BCUT2D eigenvalue weighted by molar-refractivity contribution is -0.150. The first-order valence-electron chi connectivity index (χ1n) is 10.7. The van der Waals surface area contributed by atoms with Crippen molar-refractivity contribution in [2.75, 3.05) is 13.2 Å². The van der Waals surface area contributed by atoms with E-state index < -0.39 is 0 Å². The van der Waals surface area contributed by atoms with Crippen LogP contribution in [0.25, 0.3) is 0 Å². The molecule has 0 N–H and O–H groups in total. The van der Waals surface area contributed by atoms with Crippen molar-refractivity contribution in [2.45, 2.75) is 104 Å². The minimum atomic E-state index is -0.312. The van der Waals surface area contributed by atoms with E-state index in [2.05, 4.69) is 26.0 Å². The normalized spacial score (nSPS) is 11.0. The average molecular weight is 369 g/mol. The molecule has 0 aromatic heterocycles. The largest absolute Gasteiger partial charge is 0.466 e. The van der Waals surface area contributed by atoms with E-state index in [9.17, 15) is 9.59 Å². The summed E-state index contributed by atoms with van der Waals surface area (Å²) in [5.41, 5.74) is 0. The third kappa shape index (κ3) is 19.0. The Kier molecular flexibility index (Phi) is 19.0. The van der Waals surface area contributed by atoms with Gasteiger partial charge in [-0.2, -0.15) is 0 Å². The van der Waals surface area contributed by atoms with Crippen LogP contribution in [-0.2, 0) is 19.1 Å². The molecule has 26 heavy (non-hydrogen) atoms. The van der Waals surface area contributed by atoms with Gasteiger partial charge in [0.05, 0.1) is 26.1 Å². The molecule has 152 valence electrons. The molecule has 0 unspecified atom stereocenters. The Morgan fingerprint density at radius 2 is 1.08 bits per heavy atom. The number of rotatable bonds is 18. The number of carbonyl (C=O) groups excluding carboxylic acids is 2. The molecule has 0 aliphatic rings. The molecule has 0 bridgehead atoms. The number of carbonyl (C=O) groups is 2. The zero-order valence-electron chi connectivity index (χ0n) is 17.1. The Balaban J connectivity index is 3.40. The van der Waals surface area contributed by atoms with E-state index in [1.165, 1.54) is 44.9 Å². The second-order valence-electron chi connectivity index (χ2n) is 6.82. The quantitative estimate of drug-likeness (QED) is 0.166. The minimum absolute atomic E-state index is 0.113. The highest BCUT2D eigenvalue weighted by Crippen LogP contribution is 2.06. The van der Waals surface area contributed by atoms with Crippen molar-refractivity contribution in [3.05, 3.63) is 12.2 Å². The van der Waals surface area contributed by atoms with E-state index in [1.807, 2.05) is 0 Å². The first-order valence-corrected chi connectivity index (χ1v) is 10.7. The molecule has 0 aromatic carbocycles. The fourth-order valence-electron chi connectivity index (χ4n) is 2.55. The van der Waals surface area contributed by atoms with Gasteiger partial charge >= 0.3 is 11.9 Å². The molecule has 4 nitrogen and oxygen atoms in total. The number of unbranched alkanes of at least 4 members (excludes halogenated alkanes) is 9. The molecule has 0 aromatic rings. The average Bonchev–Trinajstić information content (AvgIpc) is 2.64. The van der Waals surface area contributed by atoms with Crippen LogP contribution in [0.4, 0.5) is 0 Å². The van der Waals surface area contributed by atoms with Gasteiger partial charge in [-0.15, -0.1) is 0 Å². The van der Waals surface area contributed by atoms with Crippen molar-refractivity contribution in [2.24, 2.45) is 0 Å². The molecule has 0 radical (unpaired) electrons. The molecular weight excluding hydrogens is 328 g/mol. The zero-order chi connectivity index (χ0) is 19.3. The second-order valence-corrected chi connectivity index (χ2v) is 6.82. The molecule has 0 aliphatic heterocycles. The SMILES string of the molecule is CCCCC/C=C/CCCOC(=O)CCC(=O)OCCCCCCCC. The molecule has 0 aliphatic carbocycles. The van der Waals surface area contributed by atoms with E-state index in [0.29, 0.717) is 13.2 Å². The Labute approximate surface area is 160 Å². The Bertz CT molecular complexity index is 363. The van der Waals surface area contributed by atoms with Gasteiger partial charge in [-0.3, -0.25) is 9.59 Å². The standard InChI is InChI=1S/C22H40O4/c1-3-5-7-9-11-12-14-16-20-26-22(24)18-17-21(23)25-19-15-13-10-8-6-4-2/h11-12H,3-10,13-20H2,1-2H3/b12-11+. The number of esters is 2. The van der Waals surface area contributed by atoms with Gasteiger partial charge in [-0.25, -0.2) is 0 Å². The van der Waals surface area contributed by atoms with Crippen LogP contribution in [0.2, 0.25) is 0 Å². The summed E-state index contributed by atoms with van der Waals surface area (Å²) < 4.78 is 10.3. The van der Waals surface area contributed by atoms with Crippen molar-refractivity contribution in [1.82, 2.24) is 0 Å². The maximum absolute atomic E-state index is 11.6. The monoisotopic (exact) mass is 368 g/mol. The molecule has 0 atom stereocenters. The van der Waals surface area contributed by atoms with Crippen LogP contribution in [0.3, 0.4) is 0 Å². The maximum atomic E-state index is 11.6. The van der Waals surface area contributed by atoms with Gasteiger partial charge in [0, 0.05) is 0 Å². The number of hydrogen-bond acceptors (Lipinski definition) is 4. The van der Waals surface area contributed by atoms with Crippen LogP contribution >= 0.6 is 0 Å². The van der Waals surface area contributed by atoms with Crippen LogP contribution in [0, 0.1) is 0 Å². The fraction of sp³-hybridized carbons (Fsp3) is 0.818. The zero-order valence-corrected chi connectivity index (χ0v) is 17.1. The summed E-state index contributed by atoms with van der Waals surface area (Å²) in [5.74, 6) is -0.612. The van der Waals surface area contributed by atoms with E-state index in [0.717, 1.165) is 32.1 Å².